The highest BCUT2D eigenvalue weighted by atomic mass is 16.4. The van der Waals surface area contributed by atoms with Crippen molar-refractivity contribution in [1.29, 1.82) is 21.0 Å². The van der Waals surface area contributed by atoms with Gasteiger partial charge in [0.1, 0.15) is 18.9 Å². The summed E-state index contributed by atoms with van der Waals surface area (Å²) in [7, 11) is 0. The molecule has 9 nitrogen and oxygen atoms in total. The van der Waals surface area contributed by atoms with Crippen molar-refractivity contribution in [3.05, 3.63) is 11.4 Å². The summed E-state index contributed by atoms with van der Waals surface area (Å²) in [6, 6.07) is 6.67. The van der Waals surface area contributed by atoms with Crippen LogP contribution in [0.2, 0.25) is 0 Å². The summed E-state index contributed by atoms with van der Waals surface area (Å²) in [6.07, 6.45) is -0.598. The van der Waals surface area contributed by atoms with Gasteiger partial charge in [-0.1, -0.05) is 0 Å². The molecular formula is C13H17N5O4. The molecule has 0 aromatic heterocycles. The van der Waals surface area contributed by atoms with Crippen molar-refractivity contribution in [3.8, 4) is 24.3 Å². The number of aliphatic hydroxyl groups is 2. The first-order valence-corrected chi connectivity index (χ1v) is 5.72. The van der Waals surface area contributed by atoms with Crippen LogP contribution in [0.15, 0.2) is 0 Å². The monoisotopic (exact) mass is 307 g/mol. The van der Waals surface area contributed by atoms with Crippen LogP contribution in [0.25, 0.3) is 4.85 Å². The van der Waals surface area contributed by atoms with Crippen LogP contribution in [-0.4, -0.2) is 40.5 Å². The molecule has 1 unspecified atom stereocenters. The van der Waals surface area contributed by atoms with Crippen molar-refractivity contribution >= 4 is 5.97 Å². The Morgan fingerprint density at radius 2 is 1.64 bits per heavy atom. The summed E-state index contributed by atoms with van der Waals surface area (Å²) in [6.45, 7) is 7.92. The SMILES string of the molecule is CC(O)C#N.N#CCC(=O)O.N#CCCO.[C-]#[N+]CCC#N. The minimum Gasteiger partial charge on any atom is -0.480 e. The van der Waals surface area contributed by atoms with E-state index in [1.54, 1.807) is 12.1 Å². The van der Waals surface area contributed by atoms with Crippen molar-refractivity contribution in [2.24, 2.45) is 0 Å². The zero-order valence-electron chi connectivity index (χ0n) is 12.1. The Bertz CT molecular complexity index is 443. The lowest BCUT2D eigenvalue weighted by atomic mass is 10.5. The lowest BCUT2D eigenvalue weighted by Gasteiger charge is -1.76. The summed E-state index contributed by atoms with van der Waals surface area (Å²) in [4.78, 5) is 12.3. The van der Waals surface area contributed by atoms with Gasteiger partial charge in [-0.3, -0.25) is 4.79 Å². The van der Waals surface area contributed by atoms with E-state index in [9.17, 15) is 4.79 Å². The van der Waals surface area contributed by atoms with Gasteiger partial charge in [0.25, 0.3) is 0 Å². The number of rotatable bonds is 3. The van der Waals surface area contributed by atoms with Gasteiger partial charge in [-0.05, 0) is 6.92 Å². The van der Waals surface area contributed by atoms with E-state index in [1.807, 2.05) is 6.07 Å². The molecule has 0 heterocycles. The molecule has 0 amide bonds. The molecule has 1 atom stereocenters. The minimum absolute atomic E-state index is 0.0174. The Kier molecular flexibility index (Phi) is 38.0. The number of aliphatic carboxylic acids is 1. The molecule has 0 radical (unpaired) electrons. The zero-order valence-corrected chi connectivity index (χ0v) is 12.1. The van der Waals surface area contributed by atoms with E-state index < -0.39 is 18.5 Å². The summed E-state index contributed by atoms with van der Waals surface area (Å²) >= 11 is 0. The highest BCUT2D eigenvalue weighted by molar-refractivity contribution is 5.69. The van der Waals surface area contributed by atoms with Gasteiger partial charge >= 0.3 is 5.97 Å². The third kappa shape index (κ3) is 90.3. The van der Waals surface area contributed by atoms with Gasteiger partial charge in [0.15, 0.2) is 0 Å². The maximum absolute atomic E-state index is 9.38. The molecule has 0 saturated heterocycles. The van der Waals surface area contributed by atoms with E-state index in [0.717, 1.165) is 0 Å². The topological polar surface area (TPSA) is 177 Å². The van der Waals surface area contributed by atoms with E-state index in [4.69, 9.17) is 42.9 Å². The van der Waals surface area contributed by atoms with Crippen LogP contribution in [0.1, 0.15) is 26.2 Å². The van der Waals surface area contributed by atoms with Crippen LogP contribution >= 0.6 is 0 Å². The molecule has 3 N–H and O–H groups in total. The van der Waals surface area contributed by atoms with Crippen molar-refractivity contribution in [2.75, 3.05) is 13.2 Å². The fourth-order valence-corrected chi connectivity index (χ4v) is 0.224. The Morgan fingerprint density at radius 1 is 1.18 bits per heavy atom. The lowest BCUT2D eigenvalue weighted by Crippen LogP contribution is -1.90. The average molecular weight is 307 g/mol. The highest BCUT2D eigenvalue weighted by Crippen LogP contribution is 1.72. The van der Waals surface area contributed by atoms with E-state index in [2.05, 4.69) is 4.85 Å². The van der Waals surface area contributed by atoms with Gasteiger partial charge < -0.3 is 20.2 Å². The molecule has 0 aliphatic rings. The molecule has 0 aliphatic heterocycles. The van der Waals surface area contributed by atoms with E-state index in [1.165, 1.54) is 13.0 Å². The van der Waals surface area contributed by atoms with Crippen LogP contribution < -0.4 is 0 Å². The number of hydrogen-bond donors (Lipinski definition) is 3. The van der Waals surface area contributed by atoms with Crippen LogP contribution in [0, 0.1) is 51.9 Å². The number of aliphatic hydroxyl groups excluding tert-OH is 2. The summed E-state index contributed by atoms with van der Waals surface area (Å²) in [5, 5.41) is 54.2. The number of hydrogen-bond acceptors (Lipinski definition) is 7. The maximum atomic E-state index is 9.38. The van der Waals surface area contributed by atoms with Crippen LogP contribution in [0.4, 0.5) is 0 Å². The quantitative estimate of drug-likeness (QED) is 0.385. The van der Waals surface area contributed by atoms with Crippen molar-refractivity contribution < 1.29 is 20.1 Å². The third-order valence-corrected chi connectivity index (χ3v) is 0.976. The molecule has 22 heavy (non-hydrogen) atoms. The fourth-order valence-electron chi connectivity index (χ4n) is 0.224. The van der Waals surface area contributed by atoms with Crippen molar-refractivity contribution in [2.45, 2.75) is 32.3 Å². The number of nitriles is 4. The largest absolute Gasteiger partial charge is 0.480 e. The summed E-state index contributed by atoms with van der Waals surface area (Å²) < 4.78 is 0. The fraction of sp³-hybridized carbons (Fsp3) is 0.538. The molecular weight excluding hydrogens is 290 g/mol. The van der Waals surface area contributed by atoms with E-state index in [-0.39, 0.29) is 13.0 Å². The molecule has 0 aromatic carbocycles. The van der Waals surface area contributed by atoms with Gasteiger partial charge in [-0.25, -0.2) is 6.57 Å². The molecule has 0 fully saturated rings. The molecule has 0 aromatic rings. The summed E-state index contributed by atoms with van der Waals surface area (Å²) in [5.41, 5.74) is 0. The second-order valence-corrected chi connectivity index (χ2v) is 2.96. The van der Waals surface area contributed by atoms with Crippen LogP contribution in [-0.2, 0) is 4.79 Å². The zero-order chi connectivity index (χ0) is 18.2. The molecule has 118 valence electrons. The lowest BCUT2D eigenvalue weighted by molar-refractivity contribution is -0.135. The number of carboxylic acid groups (broad SMARTS) is 1. The second-order valence-electron chi connectivity index (χ2n) is 2.96. The van der Waals surface area contributed by atoms with E-state index >= 15 is 0 Å². The van der Waals surface area contributed by atoms with Gasteiger partial charge in [0, 0.05) is 0 Å². The molecule has 9 heteroatoms. The average Bonchev–Trinajstić information content (AvgIpc) is 2.47. The molecule has 0 spiro atoms. The van der Waals surface area contributed by atoms with Gasteiger partial charge in [-0.15, -0.1) is 0 Å². The summed E-state index contributed by atoms with van der Waals surface area (Å²) in [5.74, 6) is -1.07. The molecule has 0 bridgehead atoms. The Morgan fingerprint density at radius 3 is 1.68 bits per heavy atom. The number of nitrogens with zero attached hydrogens (tertiary/aromatic N) is 5. The first-order valence-electron chi connectivity index (χ1n) is 5.72. The van der Waals surface area contributed by atoms with Gasteiger partial charge in [-0.2, -0.15) is 21.0 Å². The Hall–Kier alpha value is -3.16. The van der Waals surface area contributed by atoms with Crippen molar-refractivity contribution in [3.63, 3.8) is 0 Å². The second kappa shape index (κ2) is 30.7. The number of carboxylic acids is 1. The normalized spacial score (nSPS) is 7.73. The highest BCUT2D eigenvalue weighted by Gasteiger charge is 1.87. The van der Waals surface area contributed by atoms with Crippen LogP contribution in [0.5, 0.6) is 0 Å². The Labute approximate surface area is 129 Å². The van der Waals surface area contributed by atoms with E-state index in [0.29, 0.717) is 13.0 Å². The maximum Gasteiger partial charge on any atom is 0.317 e. The standard InChI is InChI=1S/C4H4N2.C3H3NO2.2C3H5NO/c1-6-4-2-3-5;4-2-1-3(5)6;1-3(5)2-4;4-2-1-3-5/h2,4H2;1H2,(H,5,6);3,5H,1H3;5H,1,3H2. The first-order chi connectivity index (χ1) is 10.4. The minimum atomic E-state index is -1.07. The predicted octanol–water partition coefficient (Wildman–Crippen LogP) is 0.587. The molecule has 0 rings (SSSR count). The smallest absolute Gasteiger partial charge is 0.317 e. The van der Waals surface area contributed by atoms with Crippen LogP contribution in [0.3, 0.4) is 0 Å². The Balaban J connectivity index is -0.0000000986. The van der Waals surface area contributed by atoms with Crippen molar-refractivity contribution in [1.82, 2.24) is 0 Å². The third-order valence-electron chi connectivity index (χ3n) is 0.976. The van der Waals surface area contributed by atoms with Gasteiger partial charge in [0.2, 0.25) is 6.54 Å². The van der Waals surface area contributed by atoms with Gasteiger partial charge in [0.05, 0.1) is 37.3 Å². The molecule has 0 saturated carbocycles. The number of carbonyl (C=O) groups is 1. The predicted molar refractivity (Wildman–Crippen MR) is 74.2 cm³/mol. The first kappa shape index (κ1) is 27.2. The molecule has 0 aliphatic carbocycles.